The molecule has 0 atom stereocenters. The van der Waals surface area contributed by atoms with Gasteiger partial charge in [-0.25, -0.2) is 8.42 Å². The topological polar surface area (TPSA) is 121 Å². The molecule has 33 heavy (non-hydrogen) atoms. The summed E-state index contributed by atoms with van der Waals surface area (Å²) >= 11 is 4.22. The minimum absolute atomic E-state index is 0.0333. The van der Waals surface area contributed by atoms with Gasteiger partial charge in [-0.3, -0.25) is 10.2 Å². The number of rotatable bonds is 5. The van der Waals surface area contributed by atoms with Crippen LogP contribution >= 0.6 is 27.7 Å². The molecule has 1 amide bonds. The van der Waals surface area contributed by atoms with Gasteiger partial charge < -0.3 is 9.47 Å². The number of benzene rings is 2. The maximum atomic E-state index is 12.6. The molecule has 2 aliphatic heterocycles. The summed E-state index contributed by atoms with van der Waals surface area (Å²) in [6, 6.07) is 13.1. The van der Waals surface area contributed by atoms with Crippen LogP contribution in [-0.4, -0.2) is 48.1 Å². The number of aliphatic imine (C=N–C) groups is 1. The molecule has 0 saturated carbocycles. The van der Waals surface area contributed by atoms with E-state index in [2.05, 4.69) is 26.0 Å². The number of carbonyl (C=O) groups excluding carboxylic acids is 1. The molecule has 0 unspecified atom stereocenters. The second-order valence-corrected chi connectivity index (χ2v) is 11.0. The number of thioether (sulfide) groups is 1. The van der Waals surface area contributed by atoms with Crippen LogP contribution < -0.4 is 9.47 Å². The summed E-state index contributed by atoms with van der Waals surface area (Å²) in [5.74, 6) is -0.00807. The number of carbonyl (C=O) groups is 1. The van der Waals surface area contributed by atoms with Gasteiger partial charge in [0.1, 0.15) is 6.61 Å². The lowest BCUT2D eigenvalue weighted by atomic mass is 10.1. The van der Waals surface area contributed by atoms with E-state index < -0.39 is 15.7 Å². The number of hydrogen-bond donors (Lipinski definition) is 1. The van der Waals surface area contributed by atoms with Crippen LogP contribution in [0.5, 0.6) is 11.5 Å². The average Bonchev–Trinajstić information content (AvgIpc) is 3.21. The van der Waals surface area contributed by atoms with Crippen molar-refractivity contribution in [3.63, 3.8) is 0 Å². The van der Waals surface area contributed by atoms with E-state index in [1.54, 1.807) is 12.1 Å². The van der Waals surface area contributed by atoms with Crippen molar-refractivity contribution < 1.29 is 22.7 Å². The molecule has 2 aromatic rings. The maximum Gasteiger partial charge on any atom is 0.283 e. The molecule has 2 heterocycles. The highest BCUT2D eigenvalue weighted by molar-refractivity contribution is 9.10. The Balaban J connectivity index is 1.64. The highest BCUT2D eigenvalue weighted by Gasteiger charge is 2.38. The number of amidine groups is 2. The Morgan fingerprint density at radius 3 is 2.64 bits per heavy atom. The summed E-state index contributed by atoms with van der Waals surface area (Å²) in [7, 11) is -2.10. The molecular formula is C21H17BrN4O5S2. The average molecular weight is 549 g/mol. The lowest BCUT2D eigenvalue weighted by Gasteiger charge is -2.20. The number of nitrogens with zero attached hydrogens (tertiary/aromatic N) is 3. The minimum atomic E-state index is -3.60. The third kappa shape index (κ3) is 4.87. The van der Waals surface area contributed by atoms with E-state index in [4.69, 9.17) is 14.9 Å². The lowest BCUT2D eigenvalue weighted by molar-refractivity contribution is -0.114. The van der Waals surface area contributed by atoms with Gasteiger partial charge in [-0.15, -0.1) is 5.10 Å². The molecule has 0 saturated heterocycles. The monoisotopic (exact) mass is 548 g/mol. The van der Waals surface area contributed by atoms with Gasteiger partial charge in [0.25, 0.3) is 5.91 Å². The van der Waals surface area contributed by atoms with Crippen molar-refractivity contribution in [3.05, 3.63) is 63.6 Å². The van der Waals surface area contributed by atoms with Crippen LogP contribution in [0.4, 0.5) is 0 Å². The van der Waals surface area contributed by atoms with E-state index in [1.165, 1.54) is 13.2 Å². The number of nitrogens with one attached hydrogen (secondary N) is 1. The molecule has 2 aromatic carbocycles. The zero-order chi connectivity index (χ0) is 23.8. The van der Waals surface area contributed by atoms with Crippen LogP contribution in [0.15, 0.2) is 62.6 Å². The SMILES string of the molecule is COc1cc(/C=C2\C(=N)N3N=C(S(C)(=O)=O)SC3=NC2=O)cc(Br)c1OCc1ccccc1. The molecule has 0 bridgehead atoms. The lowest BCUT2D eigenvalue weighted by Crippen LogP contribution is -2.35. The maximum absolute atomic E-state index is 12.6. The molecule has 2 aliphatic rings. The second-order valence-electron chi connectivity index (χ2n) is 6.97. The molecule has 9 nitrogen and oxygen atoms in total. The Bertz CT molecular complexity index is 1350. The molecule has 0 aromatic heterocycles. The van der Waals surface area contributed by atoms with Gasteiger partial charge in [0.2, 0.25) is 19.4 Å². The molecule has 4 rings (SSSR count). The number of fused-ring (bicyclic) bond motifs is 1. The van der Waals surface area contributed by atoms with Gasteiger partial charge in [-0.05, 0) is 57.0 Å². The molecule has 0 spiro atoms. The summed E-state index contributed by atoms with van der Waals surface area (Å²) in [4.78, 5) is 16.5. The minimum Gasteiger partial charge on any atom is -0.493 e. The van der Waals surface area contributed by atoms with Crippen molar-refractivity contribution in [3.8, 4) is 11.5 Å². The number of amides is 1. The van der Waals surface area contributed by atoms with Crippen molar-refractivity contribution in [2.45, 2.75) is 6.61 Å². The Kier molecular flexibility index (Phi) is 6.41. The summed E-state index contributed by atoms with van der Waals surface area (Å²) < 4.78 is 35.3. The smallest absolute Gasteiger partial charge is 0.283 e. The van der Waals surface area contributed by atoms with Crippen LogP contribution in [0, 0.1) is 5.41 Å². The fourth-order valence-corrected chi connectivity index (χ4v) is 5.24. The van der Waals surface area contributed by atoms with Crippen LogP contribution in [0.3, 0.4) is 0 Å². The van der Waals surface area contributed by atoms with Crippen molar-refractivity contribution in [1.29, 1.82) is 5.41 Å². The van der Waals surface area contributed by atoms with E-state index in [0.29, 0.717) is 28.1 Å². The molecular weight excluding hydrogens is 532 g/mol. The Hall–Kier alpha value is -2.96. The molecule has 0 fully saturated rings. The van der Waals surface area contributed by atoms with Crippen molar-refractivity contribution in [2.24, 2.45) is 10.1 Å². The van der Waals surface area contributed by atoms with Crippen molar-refractivity contribution in [1.82, 2.24) is 5.01 Å². The van der Waals surface area contributed by atoms with E-state index in [9.17, 15) is 13.2 Å². The Labute approximate surface area is 202 Å². The van der Waals surface area contributed by atoms with Crippen LogP contribution in [0.25, 0.3) is 6.08 Å². The number of hydrazone groups is 1. The second kappa shape index (κ2) is 9.12. The van der Waals surface area contributed by atoms with Gasteiger partial charge >= 0.3 is 0 Å². The fourth-order valence-electron chi connectivity index (χ4n) is 2.98. The van der Waals surface area contributed by atoms with Gasteiger partial charge in [0.05, 0.1) is 17.2 Å². The third-order valence-corrected chi connectivity index (χ3v) is 7.71. The first-order valence-corrected chi connectivity index (χ1v) is 12.9. The molecule has 12 heteroatoms. The highest BCUT2D eigenvalue weighted by atomic mass is 79.9. The highest BCUT2D eigenvalue weighted by Crippen LogP contribution is 2.38. The predicted molar refractivity (Wildman–Crippen MR) is 131 cm³/mol. The fraction of sp³-hybridized carbons (Fsp3) is 0.143. The quantitative estimate of drug-likeness (QED) is 0.565. The number of sulfone groups is 1. The van der Waals surface area contributed by atoms with Crippen LogP contribution in [-0.2, 0) is 21.2 Å². The van der Waals surface area contributed by atoms with Crippen LogP contribution in [0.1, 0.15) is 11.1 Å². The molecule has 0 aliphatic carbocycles. The summed E-state index contributed by atoms with van der Waals surface area (Å²) in [6.07, 6.45) is 2.48. The molecule has 0 radical (unpaired) electrons. The number of ether oxygens (including phenoxy) is 2. The standard InChI is InChI=1S/C21H17BrN4O5S2/c1-30-16-10-13(9-15(22)17(16)31-11-12-6-4-3-5-7-12)8-14-18(23)26-20(24-19(14)27)32-21(25-26)33(2,28)29/h3-10,23H,11H2,1-2H3/b14-8+,23-18?. The first kappa shape index (κ1) is 23.2. The normalized spacial score (nSPS) is 17.1. The van der Waals surface area contributed by atoms with Crippen molar-refractivity contribution in [2.75, 3.05) is 13.4 Å². The first-order valence-electron chi connectivity index (χ1n) is 9.42. The first-order chi connectivity index (χ1) is 15.7. The van der Waals surface area contributed by atoms with E-state index in [0.717, 1.165) is 28.6 Å². The van der Waals surface area contributed by atoms with E-state index >= 15 is 0 Å². The van der Waals surface area contributed by atoms with Gasteiger partial charge in [0, 0.05) is 6.26 Å². The molecule has 170 valence electrons. The number of halogens is 1. The zero-order valence-electron chi connectivity index (χ0n) is 17.4. The van der Waals surface area contributed by atoms with E-state index in [1.807, 2.05) is 30.3 Å². The number of methoxy groups -OCH3 is 1. The Morgan fingerprint density at radius 1 is 1.24 bits per heavy atom. The largest absolute Gasteiger partial charge is 0.493 e. The van der Waals surface area contributed by atoms with Crippen LogP contribution in [0.2, 0.25) is 0 Å². The predicted octanol–water partition coefficient (Wildman–Crippen LogP) is 3.66. The Morgan fingerprint density at radius 2 is 1.97 bits per heavy atom. The summed E-state index contributed by atoms with van der Waals surface area (Å²) in [6.45, 7) is 0.337. The number of hydrogen-bond acceptors (Lipinski definition) is 8. The van der Waals surface area contributed by atoms with Gasteiger partial charge in [-0.2, -0.15) is 10.0 Å². The van der Waals surface area contributed by atoms with E-state index in [-0.39, 0.29) is 21.0 Å². The van der Waals surface area contributed by atoms with Crippen molar-refractivity contribution >= 4 is 64.9 Å². The zero-order valence-corrected chi connectivity index (χ0v) is 20.6. The van der Waals surface area contributed by atoms with Gasteiger partial charge in [0.15, 0.2) is 17.3 Å². The van der Waals surface area contributed by atoms with Gasteiger partial charge in [-0.1, -0.05) is 30.3 Å². The third-order valence-electron chi connectivity index (χ3n) is 4.54. The molecule has 1 N–H and O–H groups in total. The summed E-state index contributed by atoms with van der Waals surface area (Å²) in [5, 5.41) is 13.4. The summed E-state index contributed by atoms with van der Waals surface area (Å²) in [5.41, 5.74) is 1.51.